The number of nitrogens with zero attached hydrogens (tertiary/aromatic N) is 4. The lowest BCUT2D eigenvalue weighted by Gasteiger charge is -2.31. The van der Waals surface area contributed by atoms with E-state index in [1.54, 1.807) is 16.7 Å². The summed E-state index contributed by atoms with van der Waals surface area (Å²) >= 11 is 1.47. The summed E-state index contributed by atoms with van der Waals surface area (Å²) in [5.74, 6) is 0.0136. The van der Waals surface area contributed by atoms with Crippen molar-refractivity contribution in [3.8, 4) is 0 Å². The molecule has 0 aliphatic heterocycles. The molecular weight excluding hydrogens is 414 g/mol. The van der Waals surface area contributed by atoms with Crippen molar-refractivity contribution in [1.29, 1.82) is 0 Å². The van der Waals surface area contributed by atoms with Crippen molar-refractivity contribution in [2.24, 2.45) is 5.92 Å². The molecule has 0 fully saturated rings. The van der Waals surface area contributed by atoms with Gasteiger partial charge in [-0.2, -0.15) is 0 Å². The Morgan fingerprint density at radius 1 is 1.23 bits per heavy atom. The maximum absolute atomic E-state index is 13.5. The van der Waals surface area contributed by atoms with Gasteiger partial charge in [0, 0.05) is 25.1 Å². The van der Waals surface area contributed by atoms with Crippen molar-refractivity contribution in [1.82, 2.24) is 25.2 Å². The quantitative estimate of drug-likeness (QED) is 0.460. The first-order chi connectivity index (χ1) is 15.0. The summed E-state index contributed by atoms with van der Waals surface area (Å²) in [5.41, 5.74) is 1.52. The van der Waals surface area contributed by atoms with Gasteiger partial charge in [0.25, 0.3) is 0 Å². The van der Waals surface area contributed by atoms with E-state index in [1.807, 2.05) is 41.8 Å². The number of thiophene rings is 1. The standard InChI is InChI=1S/C22H29N5O3S/c1-16(2)10-12-26(20(28)15-27-18-8-5-4-7-17(18)24-25-27)21(19-9-6-14-31-19)22(29)23-11-13-30-3/h4-9,14,16,21H,10-13,15H2,1-3H3,(H,23,29)/t21-/m0/s1. The molecule has 2 heterocycles. The first-order valence-corrected chi connectivity index (χ1v) is 11.3. The zero-order chi connectivity index (χ0) is 22.2. The van der Waals surface area contributed by atoms with Gasteiger partial charge in [-0.3, -0.25) is 9.59 Å². The highest BCUT2D eigenvalue weighted by Gasteiger charge is 2.32. The van der Waals surface area contributed by atoms with Crippen molar-refractivity contribution < 1.29 is 14.3 Å². The van der Waals surface area contributed by atoms with E-state index in [-0.39, 0.29) is 18.4 Å². The van der Waals surface area contributed by atoms with E-state index in [0.717, 1.165) is 22.3 Å². The lowest BCUT2D eigenvalue weighted by atomic mass is 10.1. The first kappa shape index (κ1) is 22.9. The minimum absolute atomic E-state index is 0.0197. The molecule has 2 aromatic heterocycles. The molecule has 0 bridgehead atoms. The highest BCUT2D eigenvalue weighted by atomic mass is 32.1. The number of hydrogen-bond acceptors (Lipinski definition) is 6. The van der Waals surface area contributed by atoms with Crippen LogP contribution in [0, 0.1) is 5.92 Å². The molecule has 166 valence electrons. The Bertz CT molecular complexity index is 986. The number of carbonyl (C=O) groups excluding carboxylic acids is 2. The third-order valence-corrected chi connectivity index (χ3v) is 5.88. The number of carbonyl (C=O) groups is 2. The van der Waals surface area contributed by atoms with E-state index in [0.29, 0.717) is 25.6 Å². The topological polar surface area (TPSA) is 89.4 Å². The molecule has 1 N–H and O–H groups in total. The second-order valence-corrected chi connectivity index (χ2v) is 8.69. The van der Waals surface area contributed by atoms with Crippen LogP contribution in [-0.2, 0) is 20.9 Å². The van der Waals surface area contributed by atoms with E-state index in [2.05, 4.69) is 29.5 Å². The van der Waals surface area contributed by atoms with Gasteiger partial charge < -0.3 is 15.0 Å². The average molecular weight is 444 g/mol. The van der Waals surface area contributed by atoms with E-state index in [9.17, 15) is 9.59 Å². The van der Waals surface area contributed by atoms with Crippen molar-refractivity contribution >= 4 is 34.2 Å². The Morgan fingerprint density at radius 2 is 2.03 bits per heavy atom. The van der Waals surface area contributed by atoms with E-state index in [1.165, 1.54) is 11.3 Å². The van der Waals surface area contributed by atoms with Crippen LogP contribution in [0.25, 0.3) is 11.0 Å². The molecule has 0 spiro atoms. The zero-order valence-electron chi connectivity index (χ0n) is 18.2. The first-order valence-electron chi connectivity index (χ1n) is 10.4. The van der Waals surface area contributed by atoms with Gasteiger partial charge >= 0.3 is 0 Å². The molecule has 3 rings (SSSR count). The average Bonchev–Trinajstić information content (AvgIpc) is 3.41. The number of ether oxygens (including phenoxy) is 1. The number of para-hydroxylation sites is 1. The van der Waals surface area contributed by atoms with Crippen LogP contribution in [0.3, 0.4) is 0 Å². The van der Waals surface area contributed by atoms with Gasteiger partial charge in [-0.1, -0.05) is 37.3 Å². The Hall–Kier alpha value is -2.78. The fourth-order valence-corrected chi connectivity index (χ4v) is 4.13. The minimum Gasteiger partial charge on any atom is -0.383 e. The van der Waals surface area contributed by atoms with Gasteiger partial charge in [0.15, 0.2) is 0 Å². The lowest BCUT2D eigenvalue weighted by molar-refractivity contribution is -0.141. The molecular formula is C22H29N5O3S. The number of rotatable bonds is 11. The summed E-state index contributed by atoms with van der Waals surface area (Å²) in [4.78, 5) is 29.1. The summed E-state index contributed by atoms with van der Waals surface area (Å²) in [5, 5.41) is 13.1. The molecule has 1 atom stereocenters. The molecule has 31 heavy (non-hydrogen) atoms. The Labute approximate surface area is 186 Å². The highest BCUT2D eigenvalue weighted by molar-refractivity contribution is 7.10. The van der Waals surface area contributed by atoms with Crippen molar-refractivity contribution in [3.05, 3.63) is 46.7 Å². The van der Waals surface area contributed by atoms with Crippen LogP contribution in [0.15, 0.2) is 41.8 Å². The molecule has 0 saturated heterocycles. The molecule has 8 nitrogen and oxygen atoms in total. The molecule has 9 heteroatoms. The largest absolute Gasteiger partial charge is 0.383 e. The third kappa shape index (κ3) is 5.89. The molecule has 0 saturated carbocycles. The molecule has 0 aliphatic rings. The predicted octanol–water partition coefficient (Wildman–Crippen LogP) is 2.87. The number of benzene rings is 1. The number of hydrogen-bond donors (Lipinski definition) is 1. The van der Waals surface area contributed by atoms with Crippen LogP contribution < -0.4 is 5.32 Å². The van der Waals surface area contributed by atoms with Crippen LogP contribution >= 0.6 is 11.3 Å². The maximum Gasteiger partial charge on any atom is 0.248 e. The molecule has 3 aromatic rings. The molecule has 0 radical (unpaired) electrons. The second kappa shape index (κ2) is 11.0. The summed E-state index contributed by atoms with van der Waals surface area (Å²) in [6.07, 6.45) is 0.789. The number of fused-ring (bicyclic) bond motifs is 1. The lowest BCUT2D eigenvalue weighted by Crippen LogP contribution is -2.46. The molecule has 0 unspecified atom stereocenters. The third-order valence-electron chi connectivity index (χ3n) is 4.95. The van der Waals surface area contributed by atoms with Gasteiger partial charge in [-0.15, -0.1) is 16.4 Å². The summed E-state index contributed by atoms with van der Waals surface area (Å²) in [7, 11) is 1.59. The number of nitrogens with one attached hydrogen (secondary N) is 1. The molecule has 1 aromatic carbocycles. The summed E-state index contributed by atoms with van der Waals surface area (Å²) < 4.78 is 6.64. The van der Waals surface area contributed by atoms with Gasteiger partial charge in [-0.25, -0.2) is 4.68 Å². The fourth-order valence-electron chi connectivity index (χ4n) is 3.29. The monoisotopic (exact) mass is 443 g/mol. The molecule has 0 aliphatic carbocycles. The van der Waals surface area contributed by atoms with Crippen LogP contribution in [0.4, 0.5) is 0 Å². The normalized spacial score (nSPS) is 12.3. The summed E-state index contributed by atoms with van der Waals surface area (Å²) in [6.45, 7) is 5.50. The van der Waals surface area contributed by atoms with Crippen molar-refractivity contribution in [2.45, 2.75) is 32.9 Å². The van der Waals surface area contributed by atoms with Gasteiger partial charge in [0.2, 0.25) is 11.8 Å². The number of amides is 2. The fraction of sp³-hybridized carbons (Fsp3) is 0.455. The smallest absolute Gasteiger partial charge is 0.248 e. The Kier molecular flexibility index (Phi) is 8.13. The zero-order valence-corrected chi connectivity index (χ0v) is 19.0. The Morgan fingerprint density at radius 3 is 2.74 bits per heavy atom. The van der Waals surface area contributed by atoms with Crippen LogP contribution in [-0.4, -0.2) is 58.5 Å². The van der Waals surface area contributed by atoms with Gasteiger partial charge in [0.05, 0.1) is 12.1 Å². The SMILES string of the molecule is COCCNC(=O)[C@H](c1cccs1)N(CCC(C)C)C(=O)Cn1nnc2ccccc21. The number of methoxy groups -OCH3 is 1. The van der Waals surface area contributed by atoms with E-state index >= 15 is 0 Å². The van der Waals surface area contributed by atoms with Crippen LogP contribution in [0.2, 0.25) is 0 Å². The summed E-state index contributed by atoms with van der Waals surface area (Å²) in [6, 6.07) is 10.6. The van der Waals surface area contributed by atoms with Crippen molar-refractivity contribution in [3.63, 3.8) is 0 Å². The van der Waals surface area contributed by atoms with Crippen molar-refractivity contribution in [2.75, 3.05) is 26.8 Å². The second-order valence-electron chi connectivity index (χ2n) is 7.71. The van der Waals surface area contributed by atoms with Crippen LogP contribution in [0.5, 0.6) is 0 Å². The molecule has 2 amide bonds. The predicted molar refractivity (Wildman–Crippen MR) is 121 cm³/mol. The van der Waals surface area contributed by atoms with E-state index in [4.69, 9.17) is 4.74 Å². The van der Waals surface area contributed by atoms with E-state index < -0.39 is 6.04 Å². The minimum atomic E-state index is -0.696. The van der Waals surface area contributed by atoms with Crippen LogP contribution in [0.1, 0.15) is 31.2 Å². The van der Waals surface area contributed by atoms with Gasteiger partial charge in [0.1, 0.15) is 18.1 Å². The van der Waals surface area contributed by atoms with Gasteiger partial charge in [-0.05, 0) is 35.9 Å². The maximum atomic E-state index is 13.5. The number of aromatic nitrogens is 3. The highest BCUT2D eigenvalue weighted by Crippen LogP contribution is 2.27. The Balaban J connectivity index is 1.88.